The monoisotopic (exact) mass is 614 g/mol. The zero-order chi connectivity index (χ0) is 31.0. The molecule has 16 N–H and O–H groups in total. The van der Waals surface area contributed by atoms with Crippen molar-refractivity contribution in [2.45, 2.75) is 117 Å². The van der Waals surface area contributed by atoms with Crippen LogP contribution in [0.15, 0.2) is 0 Å². The number of ether oxygens (including phenoxy) is 6. The summed E-state index contributed by atoms with van der Waals surface area (Å²) in [6.45, 7) is -1.67. The molecular weight excluding hydrogens is 572 g/mol. The number of hydrogen-bond donors (Lipinski definition) is 12. The standard InChI is InChI=1S/C23H42N4O15/c24-2-7-12(31)15(34)16(35)22(37-7)41-19-9(4-29)39-23(17(19)36)42-20-11(30)5(25)1-6(26)18(20)40-21-10(27)14(33)13(32)8(3-28)38-21/h5-15,17-23,28-34,36H,1-4,24-27H2/t5-,6+,7+,8-,9-,10-,11+,12-,13-,14-,15+,17-,18-,19-,20-,21-,22-,23+/m1/s1. The highest BCUT2D eigenvalue weighted by atomic mass is 16.8. The van der Waals surface area contributed by atoms with Crippen molar-refractivity contribution in [1.82, 2.24) is 0 Å². The Bertz CT molecular complexity index is 908. The third kappa shape index (κ3) is 6.49. The molecule has 4 aliphatic rings. The maximum absolute atomic E-state index is 12.5. The summed E-state index contributed by atoms with van der Waals surface area (Å²) in [4.78, 5) is 12.5. The van der Waals surface area contributed by atoms with Crippen LogP contribution >= 0.6 is 0 Å². The van der Waals surface area contributed by atoms with E-state index in [1.165, 1.54) is 0 Å². The second kappa shape index (κ2) is 13.9. The summed E-state index contributed by atoms with van der Waals surface area (Å²) in [6.07, 6.45) is -22.3. The summed E-state index contributed by atoms with van der Waals surface area (Å²) in [6, 6.07) is -3.13. The van der Waals surface area contributed by atoms with Crippen LogP contribution in [0.2, 0.25) is 0 Å². The van der Waals surface area contributed by atoms with Gasteiger partial charge < -0.3 is 92.2 Å². The van der Waals surface area contributed by atoms with E-state index in [4.69, 9.17) is 51.4 Å². The van der Waals surface area contributed by atoms with Crippen LogP contribution in [0.1, 0.15) is 6.42 Å². The summed E-state index contributed by atoms with van der Waals surface area (Å²) in [5.74, 6) is -1.05. The highest BCUT2D eigenvalue weighted by Gasteiger charge is 2.54. The molecular formula is C23H42N4O15. The minimum absolute atomic E-state index is 0.0406. The molecule has 0 bridgehead atoms. The van der Waals surface area contributed by atoms with E-state index in [9.17, 15) is 45.6 Å². The van der Waals surface area contributed by atoms with E-state index in [-0.39, 0.29) is 13.0 Å². The van der Waals surface area contributed by atoms with Gasteiger partial charge in [0.05, 0.1) is 25.4 Å². The van der Waals surface area contributed by atoms with Crippen molar-refractivity contribution in [3.8, 4) is 0 Å². The Labute approximate surface area is 239 Å². The van der Waals surface area contributed by atoms with Crippen molar-refractivity contribution in [2.75, 3.05) is 19.8 Å². The fourth-order valence-electron chi connectivity index (χ4n) is 5.53. The van der Waals surface area contributed by atoms with Gasteiger partial charge in [0.2, 0.25) is 12.1 Å². The number of nitrogens with two attached hydrogens (primary N) is 4. The van der Waals surface area contributed by atoms with Crippen LogP contribution in [-0.2, 0) is 33.2 Å². The maximum Gasteiger partial charge on any atom is 0.221 e. The highest BCUT2D eigenvalue weighted by Crippen LogP contribution is 2.34. The average Bonchev–Trinajstić information content (AvgIpc) is 3.27. The van der Waals surface area contributed by atoms with E-state index in [0.29, 0.717) is 0 Å². The fraction of sp³-hybridized carbons (Fsp3) is 0.957. The first-order valence-electron chi connectivity index (χ1n) is 13.6. The van der Waals surface area contributed by atoms with Gasteiger partial charge in [0, 0.05) is 18.6 Å². The fourth-order valence-corrected chi connectivity index (χ4v) is 5.53. The van der Waals surface area contributed by atoms with E-state index >= 15 is 0 Å². The molecule has 3 saturated heterocycles. The molecule has 18 atom stereocenters. The number of aliphatic hydroxyl groups is 8. The van der Waals surface area contributed by atoms with Crippen LogP contribution in [-0.4, -0.2) is 177 Å². The molecule has 19 heteroatoms. The number of hydrogen-bond acceptors (Lipinski definition) is 19. The minimum Gasteiger partial charge on any atom is -0.394 e. The van der Waals surface area contributed by atoms with Gasteiger partial charge in [-0.2, -0.15) is 0 Å². The summed E-state index contributed by atoms with van der Waals surface area (Å²) in [5.41, 5.74) is 23.8. The number of aliphatic hydroxyl groups excluding tert-OH is 8. The first-order valence-corrected chi connectivity index (χ1v) is 13.6. The van der Waals surface area contributed by atoms with Gasteiger partial charge in [-0.1, -0.05) is 0 Å². The molecule has 0 spiro atoms. The Kier molecular flexibility index (Phi) is 11.2. The van der Waals surface area contributed by atoms with Crippen LogP contribution in [0.5, 0.6) is 0 Å². The Morgan fingerprint density at radius 3 is 1.90 bits per heavy atom. The molecule has 19 nitrogen and oxygen atoms in total. The lowest BCUT2D eigenvalue weighted by Crippen LogP contribution is -2.68. The van der Waals surface area contributed by atoms with Gasteiger partial charge >= 0.3 is 0 Å². The molecule has 3 aliphatic heterocycles. The molecule has 0 aromatic heterocycles. The number of Topliss-reactive ketones (excluding diaryl/α,β-unsaturated/α-hetero) is 1. The second-order valence-corrected chi connectivity index (χ2v) is 10.9. The molecule has 4 fully saturated rings. The lowest BCUT2D eigenvalue weighted by molar-refractivity contribution is -0.310. The minimum atomic E-state index is -1.88. The van der Waals surface area contributed by atoms with Crippen molar-refractivity contribution >= 4 is 5.78 Å². The zero-order valence-electron chi connectivity index (χ0n) is 22.5. The SMILES string of the molecule is NC[C@@H]1O[C@H](O[C@H]2[C@@H](O)[C@H](O[C@@H]3[C@@H](O)[C@H](N)C[C@H](N)[C@H]3O[C@H]3O[C@H](CO)[C@@H](O)[C@H](O)[C@H]3N)O[C@@H]2CO)C(=O)[C@@H](O)[C@@H]1O. The van der Waals surface area contributed by atoms with Gasteiger partial charge in [-0.3, -0.25) is 4.79 Å². The van der Waals surface area contributed by atoms with E-state index in [2.05, 4.69) is 0 Å². The second-order valence-electron chi connectivity index (χ2n) is 10.9. The van der Waals surface area contributed by atoms with Crippen molar-refractivity contribution in [2.24, 2.45) is 22.9 Å². The van der Waals surface area contributed by atoms with Crippen LogP contribution in [0.3, 0.4) is 0 Å². The molecule has 0 aromatic rings. The third-order valence-electron chi connectivity index (χ3n) is 8.09. The van der Waals surface area contributed by atoms with Crippen molar-refractivity contribution < 1.29 is 74.1 Å². The van der Waals surface area contributed by atoms with Crippen molar-refractivity contribution in [1.29, 1.82) is 0 Å². The summed E-state index contributed by atoms with van der Waals surface area (Å²) in [7, 11) is 0. The van der Waals surface area contributed by atoms with Crippen LogP contribution in [0, 0.1) is 0 Å². The Balaban J connectivity index is 1.50. The average molecular weight is 615 g/mol. The smallest absolute Gasteiger partial charge is 0.221 e. The van der Waals surface area contributed by atoms with E-state index in [1.807, 2.05) is 0 Å². The van der Waals surface area contributed by atoms with Crippen LogP contribution in [0.4, 0.5) is 0 Å². The molecule has 0 unspecified atom stereocenters. The Morgan fingerprint density at radius 2 is 1.29 bits per heavy atom. The predicted molar refractivity (Wildman–Crippen MR) is 133 cm³/mol. The lowest BCUT2D eigenvalue weighted by atomic mass is 9.84. The van der Waals surface area contributed by atoms with Crippen LogP contribution in [0.25, 0.3) is 0 Å². The molecule has 42 heavy (non-hydrogen) atoms. The first kappa shape index (κ1) is 33.8. The molecule has 0 amide bonds. The molecule has 244 valence electrons. The van der Waals surface area contributed by atoms with Gasteiger partial charge in [0.25, 0.3) is 0 Å². The Morgan fingerprint density at radius 1 is 0.667 bits per heavy atom. The lowest BCUT2D eigenvalue weighted by Gasteiger charge is -2.47. The van der Waals surface area contributed by atoms with E-state index in [0.717, 1.165) is 0 Å². The molecule has 0 radical (unpaired) electrons. The predicted octanol–water partition coefficient (Wildman–Crippen LogP) is -8.62. The van der Waals surface area contributed by atoms with Gasteiger partial charge in [0.1, 0.15) is 67.1 Å². The van der Waals surface area contributed by atoms with Crippen LogP contribution < -0.4 is 22.9 Å². The summed E-state index contributed by atoms with van der Waals surface area (Å²) >= 11 is 0. The third-order valence-corrected chi connectivity index (χ3v) is 8.09. The largest absolute Gasteiger partial charge is 0.394 e. The van der Waals surface area contributed by atoms with Gasteiger partial charge in [-0.05, 0) is 6.42 Å². The van der Waals surface area contributed by atoms with Gasteiger partial charge in [0.15, 0.2) is 12.6 Å². The van der Waals surface area contributed by atoms with Crippen molar-refractivity contribution in [3.63, 3.8) is 0 Å². The maximum atomic E-state index is 12.5. The number of carbonyl (C=O) groups is 1. The number of ketones is 1. The van der Waals surface area contributed by atoms with E-state index < -0.39 is 129 Å². The van der Waals surface area contributed by atoms with Gasteiger partial charge in [-0.15, -0.1) is 0 Å². The molecule has 1 aliphatic carbocycles. The van der Waals surface area contributed by atoms with E-state index in [1.54, 1.807) is 0 Å². The molecule has 4 rings (SSSR count). The normalized spacial score (nSPS) is 52.0. The Hall–Kier alpha value is -1.05. The topological polar surface area (TPSA) is 338 Å². The highest BCUT2D eigenvalue weighted by molar-refractivity contribution is 5.87. The number of carbonyl (C=O) groups excluding carboxylic acids is 1. The molecule has 3 heterocycles. The first-order chi connectivity index (χ1) is 19.8. The summed E-state index contributed by atoms with van der Waals surface area (Å²) < 4.78 is 33.8. The molecule has 0 aromatic carbocycles. The summed E-state index contributed by atoms with van der Waals surface area (Å²) in [5, 5.41) is 81.8. The zero-order valence-corrected chi connectivity index (χ0v) is 22.5. The quantitative estimate of drug-likeness (QED) is 0.115. The van der Waals surface area contributed by atoms with Gasteiger partial charge in [-0.25, -0.2) is 0 Å². The van der Waals surface area contributed by atoms with Crippen molar-refractivity contribution in [3.05, 3.63) is 0 Å². The number of rotatable bonds is 9. The molecule has 1 saturated carbocycles.